The standard InChI is InChI=1S/C13H30N2/c1-6-8-9-10-15(5)11-13(12(3)4)14-7-2/h12-14H,6-11H2,1-5H3. The molecular weight excluding hydrogens is 184 g/mol. The predicted molar refractivity (Wildman–Crippen MR) is 69.3 cm³/mol. The van der Waals surface area contributed by atoms with Crippen LogP contribution in [-0.4, -0.2) is 37.6 Å². The van der Waals surface area contributed by atoms with Gasteiger partial charge in [-0.1, -0.05) is 40.5 Å². The second kappa shape index (κ2) is 9.17. The highest BCUT2D eigenvalue weighted by Gasteiger charge is 2.13. The summed E-state index contributed by atoms with van der Waals surface area (Å²) in [5, 5.41) is 3.56. The minimum absolute atomic E-state index is 0.640. The van der Waals surface area contributed by atoms with Crippen LogP contribution in [0, 0.1) is 5.92 Å². The van der Waals surface area contributed by atoms with E-state index in [9.17, 15) is 0 Å². The number of hydrogen-bond donors (Lipinski definition) is 1. The summed E-state index contributed by atoms with van der Waals surface area (Å²) in [7, 11) is 2.24. The van der Waals surface area contributed by atoms with Crippen molar-refractivity contribution in [2.75, 3.05) is 26.7 Å². The molecule has 2 nitrogen and oxygen atoms in total. The number of hydrogen-bond acceptors (Lipinski definition) is 2. The first kappa shape index (κ1) is 14.9. The molecule has 0 aromatic heterocycles. The van der Waals surface area contributed by atoms with E-state index in [0.29, 0.717) is 6.04 Å². The van der Waals surface area contributed by atoms with Crippen LogP contribution in [0.25, 0.3) is 0 Å². The Kier molecular flexibility index (Phi) is 9.12. The normalized spacial score (nSPS) is 13.8. The van der Waals surface area contributed by atoms with E-state index in [1.807, 2.05) is 0 Å². The summed E-state index contributed by atoms with van der Waals surface area (Å²) in [6.07, 6.45) is 4.01. The van der Waals surface area contributed by atoms with Gasteiger partial charge >= 0.3 is 0 Å². The van der Waals surface area contributed by atoms with Crippen LogP contribution >= 0.6 is 0 Å². The van der Waals surface area contributed by atoms with E-state index >= 15 is 0 Å². The fraction of sp³-hybridized carbons (Fsp3) is 1.00. The van der Waals surface area contributed by atoms with E-state index in [2.05, 4.69) is 45.0 Å². The van der Waals surface area contributed by atoms with Crippen LogP contribution in [0.5, 0.6) is 0 Å². The minimum atomic E-state index is 0.640. The zero-order chi connectivity index (χ0) is 11.7. The quantitative estimate of drug-likeness (QED) is 0.594. The Hall–Kier alpha value is -0.0800. The van der Waals surface area contributed by atoms with Crippen LogP contribution in [0.2, 0.25) is 0 Å². The predicted octanol–water partition coefficient (Wildman–Crippen LogP) is 2.74. The molecule has 0 radical (unpaired) electrons. The van der Waals surface area contributed by atoms with Gasteiger partial charge < -0.3 is 10.2 Å². The van der Waals surface area contributed by atoms with Crippen molar-refractivity contribution in [1.29, 1.82) is 0 Å². The average Bonchev–Trinajstić information content (AvgIpc) is 2.17. The van der Waals surface area contributed by atoms with Crippen LogP contribution in [0.4, 0.5) is 0 Å². The van der Waals surface area contributed by atoms with Gasteiger partial charge in [0.05, 0.1) is 0 Å². The summed E-state index contributed by atoms with van der Waals surface area (Å²) in [6, 6.07) is 0.640. The topological polar surface area (TPSA) is 15.3 Å². The van der Waals surface area contributed by atoms with Gasteiger partial charge in [-0.3, -0.25) is 0 Å². The molecule has 2 heteroatoms. The largest absolute Gasteiger partial charge is 0.313 e. The number of nitrogens with zero attached hydrogens (tertiary/aromatic N) is 1. The zero-order valence-corrected chi connectivity index (χ0v) is 11.3. The third-order valence-electron chi connectivity index (χ3n) is 2.92. The first-order valence-corrected chi connectivity index (χ1v) is 6.53. The van der Waals surface area contributed by atoms with E-state index in [-0.39, 0.29) is 0 Å². The molecule has 0 rings (SSSR count). The van der Waals surface area contributed by atoms with Gasteiger partial charge in [0.15, 0.2) is 0 Å². The summed E-state index contributed by atoms with van der Waals surface area (Å²) in [5.74, 6) is 0.721. The summed E-state index contributed by atoms with van der Waals surface area (Å²) < 4.78 is 0. The SMILES string of the molecule is CCCCCN(C)CC(NCC)C(C)C. The van der Waals surface area contributed by atoms with Crippen LogP contribution < -0.4 is 5.32 Å². The van der Waals surface area contributed by atoms with Crippen molar-refractivity contribution in [2.45, 2.75) is 53.0 Å². The molecule has 0 aliphatic carbocycles. The van der Waals surface area contributed by atoms with Gasteiger partial charge in [-0.25, -0.2) is 0 Å². The van der Waals surface area contributed by atoms with Gasteiger partial charge in [-0.05, 0) is 32.5 Å². The molecule has 1 atom stereocenters. The molecule has 0 aromatic carbocycles. The zero-order valence-electron chi connectivity index (χ0n) is 11.3. The smallest absolute Gasteiger partial charge is 0.0217 e. The third-order valence-corrected chi connectivity index (χ3v) is 2.92. The molecule has 0 saturated heterocycles. The molecule has 92 valence electrons. The van der Waals surface area contributed by atoms with Crippen molar-refractivity contribution in [2.24, 2.45) is 5.92 Å². The second-order valence-corrected chi connectivity index (χ2v) is 4.88. The molecule has 0 saturated carbocycles. The summed E-state index contributed by atoms with van der Waals surface area (Å²) in [5.41, 5.74) is 0. The molecular formula is C13H30N2. The van der Waals surface area contributed by atoms with Crippen molar-refractivity contribution in [3.8, 4) is 0 Å². The highest BCUT2D eigenvalue weighted by molar-refractivity contribution is 4.73. The van der Waals surface area contributed by atoms with Crippen molar-refractivity contribution < 1.29 is 0 Å². The molecule has 0 aliphatic rings. The molecule has 1 N–H and O–H groups in total. The summed E-state index contributed by atoms with van der Waals surface area (Å²) >= 11 is 0. The van der Waals surface area contributed by atoms with Gasteiger partial charge in [0, 0.05) is 12.6 Å². The van der Waals surface area contributed by atoms with Gasteiger partial charge in [-0.2, -0.15) is 0 Å². The number of unbranched alkanes of at least 4 members (excludes halogenated alkanes) is 2. The summed E-state index contributed by atoms with van der Waals surface area (Å²) in [4.78, 5) is 2.46. The molecule has 1 unspecified atom stereocenters. The van der Waals surface area contributed by atoms with E-state index in [4.69, 9.17) is 0 Å². The van der Waals surface area contributed by atoms with Crippen LogP contribution in [-0.2, 0) is 0 Å². The molecule has 0 bridgehead atoms. The molecule has 0 fully saturated rings. The number of nitrogens with one attached hydrogen (secondary N) is 1. The molecule has 0 aromatic rings. The highest BCUT2D eigenvalue weighted by atomic mass is 15.1. The Morgan fingerprint density at radius 3 is 2.27 bits per heavy atom. The van der Waals surface area contributed by atoms with Crippen LogP contribution in [0.15, 0.2) is 0 Å². The third kappa shape index (κ3) is 7.80. The molecule has 0 spiro atoms. The fourth-order valence-electron chi connectivity index (χ4n) is 1.83. The van der Waals surface area contributed by atoms with Crippen molar-refractivity contribution in [3.05, 3.63) is 0 Å². The first-order valence-electron chi connectivity index (χ1n) is 6.53. The number of rotatable bonds is 9. The Morgan fingerprint density at radius 1 is 1.13 bits per heavy atom. The Bertz CT molecular complexity index is 134. The Balaban J connectivity index is 3.73. The van der Waals surface area contributed by atoms with Gasteiger partial charge in [0.2, 0.25) is 0 Å². The maximum Gasteiger partial charge on any atom is 0.0217 e. The number of likely N-dealkylation sites (N-methyl/N-ethyl adjacent to an activating group) is 2. The minimum Gasteiger partial charge on any atom is -0.313 e. The van der Waals surface area contributed by atoms with E-state index in [1.165, 1.54) is 32.4 Å². The first-order chi connectivity index (χ1) is 7.11. The maximum atomic E-state index is 3.56. The van der Waals surface area contributed by atoms with Crippen molar-refractivity contribution >= 4 is 0 Å². The van der Waals surface area contributed by atoms with Gasteiger partial charge in [-0.15, -0.1) is 0 Å². The van der Waals surface area contributed by atoms with Gasteiger partial charge in [0.25, 0.3) is 0 Å². The van der Waals surface area contributed by atoms with E-state index in [1.54, 1.807) is 0 Å². The molecule has 15 heavy (non-hydrogen) atoms. The fourth-order valence-corrected chi connectivity index (χ4v) is 1.83. The van der Waals surface area contributed by atoms with E-state index < -0.39 is 0 Å². The highest BCUT2D eigenvalue weighted by Crippen LogP contribution is 2.04. The van der Waals surface area contributed by atoms with Gasteiger partial charge in [0.1, 0.15) is 0 Å². The molecule has 0 heterocycles. The monoisotopic (exact) mass is 214 g/mol. The maximum absolute atomic E-state index is 3.56. The van der Waals surface area contributed by atoms with Crippen molar-refractivity contribution in [1.82, 2.24) is 10.2 Å². The lowest BCUT2D eigenvalue weighted by molar-refractivity contribution is 0.252. The molecule has 0 amide bonds. The lowest BCUT2D eigenvalue weighted by atomic mass is 10.0. The average molecular weight is 214 g/mol. The van der Waals surface area contributed by atoms with Crippen LogP contribution in [0.1, 0.15) is 47.0 Å². The lowest BCUT2D eigenvalue weighted by Crippen LogP contribution is -2.43. The van der Waals surface area contributed by atoms with Crippen molar-refractivity contribution in [3.63, 3.8) is 0 Å². The van der Waals surface area contributed by atoms with Crippen LogP contribution in [0.3, 0.4) is 0 Å². The molecule has 0 aliphatic heterocycles. The lowest BCUT2D eigenvalue weighted by Gasteiger charge is -2.27. The van der Waals surface area contributed by atoms with E-state index in [0.717, 1.165) is 12.5 Å². The Labute approximate surface area is 96.4 Å². The summed E-state index contributed by atoms with van der Waals surface area (Å²) in [6.45, 7) is 12.5. The second-order valence-electron chi connectivity index (χ2n) is 4.88. The Morgan fingerprint density at radius 2 is 1.80 bits per heavy atom.